The monoisotopic (exact) mass is 273 g/mol. The number of alkyl halides is 3. The van der Waals surface area contributed by atoms with E-state index < -0.39 is 11.7 Å². The summed E-state index contributed by atoms with van der Waals surface area (Å²) in [4.78, 5) is 18.2. The number of amides is 1. The van der Waals surface area contributed by atoms with Gasteiger partial charge in [-0.25, -0.2) is 4.98 Å². The van der Waals surface area contributed by atoms with E-state index in [0.717, 1.165) is 6.07 Å². The molecular weight excluding hydrogens is 259 g/mol. The van der Waals surface area contributed by atoms with Crippen LogP contribution in [0, 0.1) is 0 Å². The molecule has 0 aliphatic carbocycles. The maximum atomic E-state index is 12.9. The van der Waals surface area contributed by atoms with E-state index in [2.05, 4.69) is 4.98 Å². The summed E-state index contributed by atoms with van der Waals surface area (Å²) in [7, 11) is 0. The number of anilines is 1. The Morgan fingerprint density at radius 1 is 1.26 bits per heavy atom. The highest BCUT2D eigenvalue weighted by atomic mass is 19.4. The normalized spacial score (nSPS) is 16.6. The zero-order chi connectivity index (χ0) is 14.0. The van der Waals surface area contributed by atoms with Gasteiger partial charge in [0.1, 0.15) is 5.82 Å². The van der Waals surface area contributed by atoms with Gasteiger partial charge in [-0.15, -0.1) is 0 Å². The standard InChI is InChI=1S/C12H14F3N3O/c1-9(19)17-5-7-18(8-6-17)11-10(12(13,14)15)3-2-4-16-11/h2-4H,5-8H2,1H3. The Labute approximate surface area is 108 Å². The van der Waals surface area contributed by atoms with Crippen LogP contribution in [0.2, 0.25) is 0 Å². The predicted molar refractivity (Wildman–Crippen MR) is 63.7 cm³/mol. The molecule has 0 spiro atoms. The average molecular weight is 273 g/mol. The van der Waals surface area contributed by atoms with Gasteiger partial charge in [-0.1, -0.05) is 0 Å². The van der Waals surface area contributed by atoms with E-state index in [4.69, 9.17) is 0 Å². The summed E-state index contributed by atoms with van der Waals surface area (Å²) in [5.41, 5.74) is -0.730. The van der Waals surface area contributed by atoms with Crippen LogP contribution in [0.5, 0.6) is 0 Å². The lowest BCUT2D eigenvalue weighted by molar-refractivity contribution is -0.137. The summed E-state index contributed by atoms with van der Waals surface area (Å²) < 4.78 is 38.6. The fourth-order valence-electron chi connectivity index (χ4n) is 2.10. The first-order valence-corrected chi connectivity index (χ1v) is 5.92. The molecule has 2 rings (SSSR count). The molecule has 1 aliphatic heterocycles. The molecule has 0 atom stereocenters. The molecule has 0 bridgehead atoms. The highest BCUT2D eigenvalue weighted by Crippen LogP contribution is 2.35. The molecule has 19 heavy (non-hydrogen) atoms. The smallest absolute Gasteiger partial charge is 0.353 e. The Hall–Kier alpha value is -1.79. The van der Waals surface area contributed by atoms with Crippen LogP contribution in [0.15, 0.2) is 18.3 Å². The second-order valence-corrected chi connectivity index (χ2v) is 4.37. The van der Waals surface area contributed by atoms with E-state index in [9.17, 15) is 18.0 Å². The molecule has 1 saturated heterocycles. The molecule has 0 saturated carbocycles. The lowest BCUT2D eigenvalue weighted by Crippen LogP contribution is -2.48. The zero-order valence-electron chi connectivity index (χ0n) is 10.4. The van der Waals surface area contributed by atoms with Gasteiger partial charge in [-0.2, -0.15) is 13.2 Å². The minimum atomic E-state index is -4.42. The minimum Gasteiger partial charge on any atom is -0.353 e. The minimum absolute atomic E-state index is 0.0572. The van der Waals surface area contributed by atoms with Crippen molar-refractivity contribution in [2.24, 2.45) is 0 Å². The number of hydrogen-bond acceptors (Lipinski definition) is 3. The number of pyridine rings is 1. The van der Waals surface area contributed by atoms with Gasteiger partial charge in [0, 0.05) is 39.3 Å². The van der Waals surface area contributed by atoms with Crippen LogP contribution in [0.4, 0.5) is 19.0 Å². The van der Waals surface area contributed by atoms with Crippen molar-refractivity contribution in [3.8, 4) is 0 Å². The number of piperazine rings is 1. The fraction of sp³-hybridized carbons (Fsp3) is 0.500. The molecule has 104 valence electrons. The first-order valence-electron chi connectivity index (χ1n) is 5.92. The highest BCUT2D eigenvalue weighted by Gasteiger charge is 2.36. The third-order valence-electron chi connectivity index (χ3n) is 3.12. The summed E-state index contributed by atoms with van der Waals surface area (Å²) in [6.07, 6.45) is -3.07. The number of hydrogen-bond donors (Lipinski definition) is 0. The van der Waals surface area contributed by atoms with Crippen molar-refractivity contribution in [1.82, 2.24) is 9.88 Å². The van der Waals surface area contributed by atoms with Gasteiger partial charge >= 0.3 is 6.18 Å². The van der Waals surface area contributed by atoms with Crippen LogP contribution in [0.1, 0.15) is 12.5 Å². The number of aromatic nitrogens is 1. The fourth-order valence-corrected chi connectivity index (χ4v) is 2.10. The molecule has 0 N–H and O–H groups in total. The first kappa shape index (κ1) is 13.6. The summed E-state index contributed by atoms with van der Waals surface area (Å²) in [6, 6.07) is 2.30. The molecule has 1 aliphatic rings. The molecule has 1 aromatic heterocycles. The van der Waals surface area contributed by atoms with Crippen LogP contribution >= 0.6 is 0 Å². The first-order chi connectivity index (χ1) is 8.89. The molecule has 0 unspecified atom stereocenters. The third kappa shape index (κ3) is 2.97. The molecule has 4 nitrogen and oxygen atoms in total. The van der Waals surface area contributed by atoms with Crippen LogP contribution in [-0.4, -0.2) is 42.0 Å². The molecule has 1 amide bonds. The van der Waals surface area contributed by atoms with Crippen LogP contribution in [0.25, 0.3) is 0 Å². The van der Waals surface area contributed by atoms with E-state index in [1.54, 1.807) is 9.80 Å². The quantitative estimate of drug-likeness (QED) is 0.782. The Morgan fingerprint density at radius 2 is 1.89 bits per heavy atom. The van der Waals surface area contributed by atoms with Crippen LogP contribution < -0.4 is 4.90 Å². The van der Waals surface area contributed by atoms with Crippen LogP contribution in [0.3, 0.4) is 0 Å². The molecular formula is C12H14F3N3O. The Morgan fingerprint density at radius 3 is 2.42 bits per heavy atom. The molecule has 1 aromatic rings. The van der Waals surface area contributed by atoms with Crippen molar-refractivity contribution in [3.05, 3.63) is 23.9 Å². The Balaban J connectivity index is 2.18. The number of rotatable bonds is 1. The SMILES string of the molecule is CC(=O)N1CCN(c2ncccc2C(F)(F)F)CC1. The van der Waals surface area contributed by atoms with Gasteiger partial charge in [-0.3, -0.25) is 4.79 Å². The summed E-state index contributed by atoms with van der Waals surface area (Å²) in [5, 5.41) is 0. The third-order valence-corrected chi connectivity index (χ3v) is 3.12. The lowest BCUT2D eigenvalue weighted by atomic mass is 10.2. The Bertz CT molecular complexity index is 468. The van der Waals surface area contributed by atoms with Gasteiger partial charge in [0.05, 0.1) is 5.56 Å². The second-order valence-electron chi connectivity index (χ2n) is 4.37. The number of nitrogens with zero attached hydrogens (tertiary/aromatic N) is 3. The van der Waals surface area contributed by atoms with Crippen molar-refractivity contribution >= 4 is 11.7 Å². The molecule has 1 fully saturated rings. The average Bonchev–Trinajstić information content (AvgIpc) is 2.38. The van der Waals surface area contributed by atoms with Crippen molar-refractivity contribution in [2.75, 3.05) is 31.1 Å². The maximum Gasteiger partial charge on any atom is 0.419 e. The van der Waals surface area contributed by atoms with Gasteiger partial charge in [0.15, 0.2) is 0 Å². The van der Waals surface area contributed by atoms with Crippen molar-refractivity contribution in [1.29, 1.82) is 0 Å². The van der Waals surface area contributed by atoms with Gasteiger partial charge in [0.2, 0.25) is 5.91 Å². The van der Waals surface area contributed by atoms with E-state index in [1.807, 2.05) is 0 Å². The second kappa shape index (κ2) is 5.07. The molecule has 0 radical (unpaired) electrons. The van der Waals surface area contributed by atoms with Gasteiger partial charge < -0.3 is 9.80 Å². The van der Waals surface area contributed by atoms with Crippen LogP contribution in [-0.2, 0) is 11.0 Å². The van der Waals surface area contributed by atoms with Gasteiger partial charge in [-0.05, 0) is 12.1 Å². The zero-order valence-corrected chi connectivity index (χ0v) is 10.4. The largest absolute Gasteiger partial charge is 0.419 e. The van der Waals surface area contributed by atoms with Crippen molar-refractivity contribution in [3.63, 3.8) is 0 Å². The topological polar surface area (TPSA) is 36.4 Å². The number of carbonyl (C=O) groups excluding carboxylic acids is 1. The van der Waals surface area contributed by atoms with Crippen molar-refractivity contribution < 1.29 is 18.0 Å². The van der Waals surface area contributed by atoms with E-state index in [1.165, 1.54) is 19.2 Å². The highest BCUT2D eigenvalue weighted by molar-refractivity contribution is 5.73. The van der Waals surface area contributed by atoms with E-state index >= 15 is 0 Å². The molecule has 0 aromatic carbocycles. The summed E-state index contributed by atoms with van der Waals surface area (Å²) in [6.45, 7) is 3.02. The molecule has 7 heteroatoms. The van der Waals surface area contributed by atoms with E-state index in [0.29, 0.717) is 26.2 Å². The van der Waals surface area contributed by atoms with Gasteiger partial charge in [0.25, 0.3) is 0 Å². The van der Waals surface area contributed by atoms with E-state index in [-0.39, 0.29) is 11.7 Å². The van der Waals surface area contributed by atoms with Crippen molar-refractivity contribution in [2.45, 2.75) is 13.1 Å². The lowest BCUT2D eigenvalue weighted by Gasteiger charge is -2.35. The number of halogens is 3. The summed E-state index contributed by atoms with van der Waals surface area (Å²) in [5.74, 6) is -0.116. The molecule has 2 heterocycles. The summed E-state index contributed by atoms with van der Waals surface area (Å²) >= 11 is 0. The maximum absolute atomic E-state index is 12.9. The number of carbonyl (C=O) groups is 1. The predicted octanol–water partition coefficient (Wildman–Crippen LogP) is 1.77. The Kier molecular flexibility index (Phi) is 3.64.